The second kappa shape index (κ2) is 11.0. The molecule has 0 saturated carbocycles. The molecule has 0 unspecified atom stereocenters. The van der Waals surface area contributed by atoms with Gasteiger partial charge in [-0.2, -0.15) is 10.2 Å². The average Bonchev–Trinajstić information content (AvgIpc) is 3.45. The van der Waals surface area contributed by atoms with E-state index in [9.17, 15) is 9.59 Å². The predicted octanol–water partition coefficient (Wildman–Crippen LogP) is -0.512. The van der Waals surface area contributed by atoms with E-state index in [0.717, 1.165) is 58.4 Å². The van der Waals surface area contributed by atoms with Crippen molar-refractivity contribution in [3.8, 4) is 0 Å². The Morgan fingerprint density at radius 1 is 1.38 bits per heavy atom. The van der Waals surface area contributed by atoms with E-state index in [-0.39, 0.29) is 36.1 Å². The van der Waals surface area contributed by atoms with Crippen LogP contribution in [0.2, 0.25) is 0 Å². The van der Waals surface area contributed by atoms with Crippen LogP contribution in [-0.4, -0.2) is 91.5 Å². The fourth-order valence-corrected chi connectivity index (χ4v) is 4.89. The molecule has 4 N–H and O–H groups in total. The summed E-state index contributed by atoms with van der Waals surface area (Å²) in [5.41, 5.74) is -0.728. The molecule has 2 fully saturated rings. The molecule has 2 aliphatic heterocycles. The number of H-pyrrole nitrogens is 2. The van der Waals surface area contributed by atoms with Gasteiger partial charge in [-0.3, -0.25) is 19.3 Å². The summed E-state index contributed by atoms with van der Waals surface area (Å²) in [5, 5.41) is 20.4. The zero-order valence-electron chi connectivity index (χ0n) is 18.4. The number of hydrogen-bond donors (Lipinski definition) is 4. The van der Waals surface area contributed by atoms with E-state index in [2.05, 4.69) is 42.4 Å². The quantitative estimate of drug-likeness (QED) is 0.413. The van der Waals surface area contributed by atoms with Crippen molar-refractivity contribution < 1.29 is 14.7 Å². The maximum atomic E-state index is 13.3. The van der Waals surface area contributed by atoms with Gasteiger partial charge in [-0.1, -0.05) is 0 Å². The third-order valence-electron chi connectivity index (χ3n) is 6.45. The van der Waals surface area contributed by atoms with Gasteiger partial charge >= 0.3 is 5.69 Å². The van der Waals surface area contributed by atoms with Crippen molar-refractivity contribution in [3.05, 3.63) is 34.8 Å². The molecule has 0 bridgehead atoms. The van der Waals surface area contributed by atoms with Crippen LogP contribution in [0.3, 0.4) is 0 Å². The molecule has 2 aromatic heterocycles. The Kier molecular flexibility index (Phi) is 8.17. The van der Waals surface area contributed by atoms with E-state index in [1.165, 1.54) is 0 Å². The number of likely N-dealkylation sites (tertiary alicyclic amines) is 2. The largest absolute Gasteiger partial charge is 0.483 e. The summed E-state index contributed by atoms with van der Waals surface area (Å²) < 4.78 is 1.97. The summed E-state index contributed by atoms with van der Waals surface area (Å²) in [6, 6.07) is 2.15. The summed E-state index contributed by atoms with van der Waals surface area (Å²) in [4.78, 5) is 40.2. The third-order valence-corrected chi connectivity index (χ3v) is 6.45. The molecule has 2 saturated heterocycles. The maximum Gasteiger partial charge on any atom is 0.340 e. The van der Waals surface area contributed by atoms with Gasteiger partial charge in [0.2, 0.25) is 5.91 Å². The fraction of sp³-hybridized carbons (Fsp3) is 0.650. The van der Waals surface area contributed by atoms with Gasteiger partial charge in [0, 0.05) is 31.5 Å². The van der Waals surface area contributed by atoms with Crippen molar-refractivity contribution in [2.45, 2.75) is 44.8 Å². The standard InChI is InChI=1S/C19H30N8O2.CH2O2/c1-25-8-2-5-19(17(28)20-13-16-22-18(29)24-23-16)6-12-26(14-15(19)25)9-4-11-27-10-3-7-21-27;2-1-3/h3,7,10,15H,2,4-6,8-9,11-14H2,1H3,(H,20,28)(H2,22,23,24,29);1H,(H,2,3)/t15-,19+;/m0./s1. The van der Waals surface area contributed by atoms with E-state index < -0.39 is 0 Å². The minimum Gasteiger partial charge on any atom is -0.483 e. The number of piperidine rings is 2. The van der Waals surface area contributed by atoms with Gasteiger partial charge in [-0.15, -0.1) is 0 Å². The van der Waals surface area contributed by atoms with Crippen molar-refractivity contribution in [3.63, 3.8) is 0 Å². The van der Waals surface area contributed by atoms with Crippen molar-refractivity contribution in [1.82, 2.24) is 40.1 Å². The number of aromatic amines is 2. The van der Waals surface area contributed by atoms with Gasteiger partial charge in [0.25, 0.3) is 6.47 Å². The number of carboxylic acid groups (broad SMARTS) is 1. The summed E-state index contributed by atoms with van der Waals surface area (Å²) in [6.07, 6.45) is 7.64. The Balaban J connectivity index is 0.000000913. The third kappa shape index (κ3) is 5.62. The van der Waals surface area contributed by atoms with Crippen LogP contribution in [0.4, 0.5) is 0 Å². The molecular weight excluding hydrogens is 416 g/mol. The molecule has 2 atom stereocenters. The van der Waals surface area contributed by atoms with Crippen molar-refractivity contribution in [2.75, 3.05) is 33.2 Å². The topological polar surface area (TPSA) is 152 Å². The van der Waals surface area contributed by atoms with E-state index in [0.29, 0.717) is 5.82 Å². The molecule has 32 heavy (non-hydrogen) atoms. The van der Waals surface area contributed by atoms with Crippen LogP contribution < -0.4 is 11.0 Å². The number of hydrogen-bond acceptors (Lipinski definition) is 7. The monoisotopic (exact) mass is 448 g/mol. The van der Waals surface area contributed by atoms with Crippen LogP contribution in [0.15, 0.2) is 23.3 Å². The van der Waals surface area contributed by atoms with Crippen LogP contribution in [0, 0.1) is 5.41 Å². The molecule has 0 radical (unpaired) electrons. The molecule has 176 valence electrons. The van der Waals surface area contributed by atoms with Crippen molar-refractivity contribution in [1.29, 1.82) is 0 Å². The average molecular weight is 449 g/mol. The normalized spacial score (nSPS) is 23.6. The van der Waals surface area contributed by atoms with Gasteiger partial charge in [0.1, 0.15) is 5.82 Å². The molecule has 1 amide bonds. The number of carbonyl (C=O) groups excluding carboxylic acids is 1. The lowest BCUT2D eigenvalue weighted by Crippen LogP contribution is -2.65. The second-order valence-corrected chi connectivity index (χ2v) is 8.34. The number of nitrogens with one attached hydrogen (secondary N) is 3. The Morgan fingerprint density at radius 3 is 2.88 bits per heavy atom. The lowest BCUT2D eigenvalue weighted by molar-refractivity contribution is -0.144. The van der Waals surface area contributed by atoms with Gasteiger partial charge in [0.05, 0.1) is 12.0 Å². The smallest absolute Gasteiger partial charge is 0.340 e. The van der Waals surface area contributed by atoms with Gasteiger partial charge in [-0.25, -0.2) is 9.89 Å². The highest BCUT2D eigenvalue weighted by molar-refractivity contribution is 5.83. The Hall–Kier alpha value is -2.99. The molecule has 4 rings (SSSR count). The van der Waals surface area contributed by atoms with Crippen molar-refractivity contribution >= 4 is 12.4 Å². The number of aryl methyl sites for hydroxylation is 1. The first-order valence-electron chi connectivity index (χ1n) is 10.9. The molecule has 12 heteroatoms. The number of carbonyl (C=O) groups is 2. The Bertz CT molecular complexity index is 911. The number of nitrogens with zero attached hydrogens (tertiary/aromatic N) is 5. The maximum absolute atomic E-state index is 13.3. The summed E-state index contributed by atoms with van der Waals surface area (Å²) >= 11 is 0. The van der Waals surface area contributed by atoms with E-state index in [4.69, 9.17) is 9.90 Å². The fourth-order valence-electron chi connectivity index (χ4n) is 4.89. The summed E-state index contributed by atoms with van der Waals surface area (Å²) in [7, 11) is 2.13. The lowest BCUT2D eigenvalue weighted by atomic mass is 9.67. The van der Waals surface area contributed by atoms with E-state index >= 15 is 0 Å². The number of aromatic nitrogens is 5. The molecular formula is C20H32N8O4. The minimum absolute atomic E-state index is 0.0779. The van der Waals surface area contributed by atoms with Crippen molar-refractivity contribution in [2.24, 2.45) is 5.41 Å². The Labute approximate surface area is 186 Å². The number of likely N-dealkylation sites (N-methyl/N-ethyl adjacent to an activating group) is 1. The molecule has 0 aliphatic carbocycles. The molecule has 2 aromatic rings. The molecule has 0 aromatic carbocycles. The van der Waals surface area contributed by atoms with Gasteiger partial charge < -0.3 is 20.2 Å². The van der Waals surface area contributed by atoms with Crippen LogP contribution in [0.1, 0.15) is 31.5 Å². The second-order valence-electron chi connectivity index (χ2n) is 8.34. The highest BCUT2D eigenvalue weighted by Gasteiger charge is 2.51. The van der Waals surface area contributed by atoms with Gasteiger partial charge in [-0.05, 0) is 58.4 Å². The zero-order valence-corrected chi connectivity index (χ0v) is 18.4. The molecule has 2 aliphatic rings. The van der Waals surface area contributed by atoms with E-state index in [1.54, 1.807) is 0 Å². The van der Waals surface area contributed by atoms with Gasteiger partial charge in [0.15, 0.2) is 0 Å². The van der Waals surface area contributed by atoms with Crippen LogP contribution in [0.25, 0.3) is 0 Å². The van der Waals surface area contributed by atoms with Crippen LogP contribution in [-0.2, 0) is 22.7 Å². The highest BCUT2D eigenvalue weighted by atomic mass is 16.3. The molecule has 12 nitrogen and oxygen atoms in total. The predicted molar refractivity (Wildman–Crippen MR) is 116 cm³/mol. The first-order valence-corrected chi connectivity index (χ1v) is 10.9. The number of amides is 1. The van der Waals surface area contributed by atoms with Crippen LogP contribution >= 0.6 is 0 Å². The first-order chi connectivity index (χ1) is 15.5. The number of fused-ring (bicyclic) bond motifs is 1. The SMILES string of the molecule is CN1CCC[C@@]2(C(=O)NCc3n[nH]c(=O)[nH]3)CCN(CCCn3cccn3)C[C@H]12.O=CO. The van der Waals surface area contributed by atoms with E-state index in [1.807, 2.05) is 23.1 Å². The first kappa shape index (κ1) is 23.7. The molecule has 4 heterocycles. The summed E-state index contributed by atoms with van der Waals surface area (Å²) in [6.45, 7) is 4.77. The minimum atomic E-state index is -0.373. The Morgan fingerprint density at radius 2 is 2.19 bits per heavy atom. The van der Waals surface area contributed by atoms with Crippen LogP contribution in [0.5, 0.6) is 0 Å². The zero-order chi connectivity index (χ0) is 23.0. The lowest BCUT2D eigenvalue weighted by Gasteiger charge is -2.53. The number of rotatable bonds is 7. The summed E-state index contributed by atoms with van der Waals surface area (Å²) in [5.74, 6) is 0.533. The highest BCUT2D eigenvalue weighted by Crippen LogP contribution is 2.42. The molecule has 0 spiro atoms.